The van der Waals surface area contributed by atoms with Gasteiger partial charge in [-0.25, -0.2) is 0 Å². The van der Waals surface area contributed by atoms with Crippen LogP contribution >= 0.6 is 0 Å². The number of rotatable bonds is 3. The summed E-state index contributed by atoms with van der Waals surface area (Å²) in [6, 6.07) is 12.4. The van der Waals surface area contributed by atoms with Gasteiger partial charge < -0.3 is 5.32 Å². The first-order valence-electron chi connectivity index (χ1n) is 6.75. The Labute approximate surface area is 122 Å². The third kappa shape index (κ3) is 2.56. The van der Waals surface area contributed by atoms with Crippen LogP contribution < -0.4 is 5.32 Å². The maximum Gasteiger partial charge on any atom is 0.270 e. The predicted octanol–water partition coefficient (Wildman–Crippen LogP) is 3.70. The largest absolute Gasteiger partial charge is 0.354 e. The zero-order chi connectivity index (χ0) is 14.8. The van der Waals surface area contributed by atoms with Crippen molar-refractivity contribution in [3.8, 4) is 6.07 Å². The lowest BCUT2D eigenvalue weighted by atomic mass is 10.1. The first-order chi connectivity index (χ1) is 10.2. The molecule has 0 radical (unpaired) electrons. The van der Waals surface area contributed by atoms with Crippen LogP contribution in [0.5, 0.6) is 0 Å². The normalized spacial score (nSPS) is 12.5. The second kappa shape index (κ2) is 5.25. The molecule has 3 rings (SSSR count). The summed E-state index contributed by atoms with van der Waals surface area (Å²) in [6.07, 6.45) is 3.38. The van der Waals surface area contributed by atoms with Crippen LogP contribution in [0.25, 0.3) is 0 Å². The van der Waals surface area contributed by atoms with Crippen molar-refractivity contribution >= 4 is 17.1 Å². The second-order valence-corrected chi connectivity index (χ2v) is 5.06. The van der Waals surface area contributed by atoms with E-state index in [4.69, 9.17) is 5.26 Å². The van der Waals surface area contributed by atoms with E-state index >= 15 is 0 Å². The van der Waals surface area contributed by atoms with Crippen molar-refractivity contribution in [2.45, 2.75) is 19.3 Å². The number of nitrogens with one attached hydrogen (secondary N) is 1. The summed E-state index contributed by atoms with van der Waals surface area (Å²) in [6.45, 7) is 0. The quantitative estimate of drug-likeness (QED) is 0.686. The van der Waals surface area contributed by atoms with Gasteiger partial charge in [0, 0.05) is 17.8 Å². The summed E-state index contributed by atoms with van der Waals surface area (Å²) in [5, 5.41) is 23.1. The van der Waals surface area contributed by atoms with Gasteiger partial charge in [-0.1, -0.05) is 6.07 Å². The second-order valence-electron chi connectivity index (χ2n) is 5.06. The van der Waals surface area contributed by atoms with Crippen molar-refractivity contribution in [3.63, 3.8) is 0 Å². The fourth-order valence-electron chi connectivity index (χ4n) is 2.65. The molecule has 0 amide bonds. The van der Waals surface area contributed by atoms with Crippen LogP contribution in [0.4, 0.5) is 17.1 Å². The molecule has 5 nitrogen and oxygen atoms in total. The van der Waals surface area contributed by atoms with Crippen LogP contribution in [0, 0.1) is 21.4 Å². The average molecular weight is 279 g/mol. The molecular weight excluding hydrogens is 266 g/mol. The van der Waals surface area contributed by atoms with E-state index in [1.807, 2.05) is 12.1 Å². The molecular formula is C16H13N3O2. The molecule has 21 heavy (non-hydrogen) atoms. The number of hydrogen-bond donors (Lipinski definition) is 1. The smallest absolute Gasteiger partial charge is 0.270 e. The molecule has 104 valence electrons. The highest BCUT2D eigenvalue weighted by Crippen LogP contribution is 2.29. The van der Waals surface area contributed by atoms with E-state index in [0.717, 1.165) is 18.5 Å². The first kappa shape index (κ1) is 13.1. The number of aryl methyl sites for hydroxylation is 2. The SMILES string of the molecule is N#Cc1cc([N+](=O)[O-])ccc1Nc1ccc2c(c1)CCC2. The van der Waals surface area contributed by atoms with Gasteiger partial charge in [-0.15, -0.1) is 0 Å². The minimum atomic E-state index is -0.500. The molecule has 1 aliphatic rings. The summed E-state index contributed by atoms with van der Waals surface area (Å²) in [5.74, 6) is 0. The Balaban J connectivity index is 1.91. The van der Waals surface area contributed by atoms with Crippen LogP contribution in [0.2, 0.25) is 0 Å². The van der Waals surface area contributed by atoms with Crippen LogP contribution in [0.3, 0.4) is 0 Å². The van der Waals surface area contributed by atoms with Gasteiger partial charge in [0.25, 0.3) is 5.69 Å². The van der Waals surface area contributed by atoms with E-state index in [9.17, 15) is 10.1 Å². The van der Waals surface area contributed by atoms with E-state index in [1.165, 1.54) is 29.7 Å². The third-order valence-electron chi connectivity index (χ3n) is 3.71. The number of benzene rings is 2. The number of nitro groups is 1. The molecule has 0 aliphatic heterocycles. The van der Waals surface area contributed by atoms with Crippen LogP contribution in [-0.4, -0.2) is 4.92 Å². The zero-order valence-corrected chi connectivity index (χ0v) is 11.3. The maximum absolute atomic E-state index is 10.7. The lowest BCUT2D eigenvalue weighted by Gasteiger charge is -2.10. The summed E-state index contributed by atoms with van der Waals surface area (Å²) in [4.78, 5) is 10.2. The third-order valence-corrected chi connectivity index (χ3v) is 3.71. The van der Waals surface area contributed by atoms with Gasteiger partial charge in [-0.05, 0) is 48.6 Å². The van der Waals surface area contributed by atoms with Crippen LogP contribution in [0.15, 0.2) is 36.4 Å². The average Bonchev–Trinajstić information content (AvgIpc) is 2.95. The maximum atomic E-state index is 10.7. The van der Waals surface area contributed by atoms with Gasteiger partial charge in [0.2, 0.25) is 0 Å². The van der Waals surface area contributed by atoms with Crippen molar-refractivity contribution in [1.29, 1.82) is 5.26 Å². The number of non-ortho nitro benzene ring substituents is 1. The molecule has 0 unspecified atom stereocenters. The lowest BCUT2D eigenvalue weighted by molar-refractivity contribution is -0.384. The summed E-state index contributed by atoms with van der Waals surface area (Å²) in [5.41, 5.74) is 4.39. The minimum absolute atomic E-state index is 0.0777. The molecule has 0 heterocycles. The topological polar surface area (TPSA) is 79.0 Å². The van der Waals surface area contributed by atoms with E-state index in [0.29, 0.717) is 5.69 Å². The van der Waals surface area contributed by atoms with Crippen LogP contribution in [-0.2, 0) is 12.8 Å². The van der Waals surface area contributed by atoms with Crippen molar-refractivity contribution in [3.05, 3.63) is 63.2 Å². The van der Waals surface area contributed by atoms with Gasteiger partial charge in [0.1, 0.15) is 6.07 Å². The van der Waals surface area contributed by atoms with Crippen molar-refractivity contribution in [2.24, 2.45) is 0 Å². The van der Waals surface area contributed by atoms with E-state index < -0.39 is 4.92 Å². The molecule has 1 N–H and O–H groups in total. The Kier molecular flexibility index (Phi) is 3.28. The highest BCUT2D eigenvalue weighted by molar-refractivity contribution is 5.69. The Hall–Kier alpha value is -2.87. The number of fused-ring (bicyclic) bond motifs is 1. The Morgan fingerprint density at radius 2 is 1.95 bits per heavy atom. The summed E-state index contributed by atoms with van der Waals surface area (Å²) < 4.78 is 0. The highest BCUT2D eigenvalue weighted by atomic mass is 16.6. The van der Waals surface area contributed by atoms with E-state index in [-0.39, 0.29) is 11.3 Å². The molecule has 0 atom stereocenters. The van der Waals surface area contributed by atoms with Gasteiger partial charge in [-0.2, -0.15) is 5.26 Å². The molecule has 0 spiro atoms. The van der Waals surface area contributed by atoms with Gasteiger partial charge in [-0.3, -0.25) is 10.1 Å². The summed E-state index contributed by atoms with van der Waals surface area (Å²) in [7, 11) is 0. The number of nitro benzene ring substituents is 1. The fourth-order valence-corrected chi connectivity index (χ4v) is 2.65. The lowest BCUT2D eigenvalue weighted by Crippen LogP contribution is -1.96. The molecule has 5 heteroatoms. The van der Waals surface area contributed by atoms with Gasteiger partial charge in [0.05, 0.1) is 16.2 Å². The summed E-state index contributed by atoms with van der Waals surface area (Å²) >= 11 is 0. The monoisotopic (exact) mass is 279 g/mol. The van der Waals surface area contributed by atoms with Crippen molar-refractivity contribution in [2.75, 3.05) is 5.32 Å². The first-order valence-corrected chi connectivity index (χ1v) is 6.75. The highest BCUT2D eigenvalue weighted by Gasteiger charge is 2.13. The molecule has 2 aromatic carbocycles. The Morgan fingerprint density at radius 1 is 1.14 bits per heavy atom. The minimum Gasteiger partial charge on any atom is -0.354 e. The van der Waals surface area contributed by atoms with E-state index in [2.05, 4.69) is 17.4 Å². The fraction of sp³-hybridized carbons (Fsp3) is 0.188. The number of nitriles is 1. The predicted molar refractivity (Wildman–Crippen MR) is 79.6 cm³/mol. The molecule has 0 aromatic heterocycles. The molecule has 0 saturated carbocycles. The molecule has 1 aliphatic carbocycles. The molecule has 2 aromatic rings. The number of nitrogens with zero attached hydrogens (tertiary/aromatic N) is 2. The van der Waals surface area contributed by atoms with Crippen LogP contribution in [0.1, 0.15) is 23.1 Å². The Bertz CT molecular complexity index is 763. The van der Waals surface area contributed by atoms with Crippen molar-refractivity contribution < 1.29 is 4.92 Å². The molecule has 0 saturated heterocycles. The molecule has 0 bridgehead atoms. The van der Waals surface area contributed by atoms with Gasteiger partial charge >= 0.3 is 0 Å². The molecule has 0 fully saturated rings. The Morgan fingerprint density at radius 3 is 2.71 bits per heavy atom. The van der Waals surface area contributed by atoms with Crippen molar-refractivity contribution in [1.82, 2.24) is 0 Å². The number of hydrogen-bond acceptors (Lipinski definition) is 4. The number of anilines is 2. The zero-order valence-electron chi connectivity index (χ0n) is 11.3. The standard InChI is InChI=1S/C16H13N3O2/c17-10-13-9-15(19(20)21)6-7-16(13)18-14-5-4-11-2-1-3-12(11)8-14/h4-9,18H,1-3H2. The van der Waals surface area contributed by atoms with E-state index in [1.54, 1.807) is 6.07 Å². The van der Waals surface area contributed by atoms with Gasteiger partial charge in [0.15, 0.2) is 0 Å².